The summed E-state index contributed by atoms with van der Waals surface area (Å²) < 4.78 is 6.44. The van der Waals surface area contributed by atoms with Gasteiger partial charge in [-0.25, -0.2) is 9.97 Å². The van der Waals surface area contributed by atoms with E-state index in [-0.39, 0.29) is 5.75 Å². The lowest BCUT2D eigenvalue weighted by atomic mass is 10.1. The summed E-state index contributed by atoms with van der Waals surface area (Å²) in [7, 11) is 1.50. The zero-order chi connectivity index (χ0) is 15.1. The molecule has 0 aliphatic heterocycles. The number of nitrogens with zero attached hydrogens (tertiary/aromatic N) is 2. The number of aromatic hydroxyl groups is 1. The van der Waals surface area contributed by atoms with Gasteiger partial charge >= 0.3 is 0 Å². The number of phenols is 1. The predicted molar refractivity (Wildman–Crippen MR) is 88.1 cm³/mol. The van der Waals surface area contributed by atoms with Crippen molar-refractivity contribution >= 4 is 43.5 Å². The fourth-order valence-electron chi connectivity index (χ4n) is 2.05. The lowest BCUT2D eigenvalue weighted by Crippen LogP contribution is -1.98. The maximum absolute atomic E-state index is 9.87. The molecule has 1 aliphatic rings. The molecule has 110 valence electrons. The van der Waals surface area contributed by atoms with E-state index in [0.717, 1.165) is 28.6 Å². The van der Waals surface area contributed by atoms with Crippen LogP contribution in [0.25, 0.3) is 11.4 Å². The van der Waals surface area contributed by atoms with E-state index in [2.05, 4.69) is 41.8 Å². The summed E-state index contributed by atoms with van der Waals surface area (Å²) in [6.45, 7) is 0. The monoisotopic (exact) mass is 432 g/mol. The molecule has 0 radical (unpaired) electrons. The van der Waals surface area contributed by atoms with Gasteiger partial charge in [0.1, 0.15) is 5.15 Å². The molecule has 1 aromatic heterocycles. The molecule has 0 atom stereocenters. The van der Waals surface area contributed by atoms with Gasteiger partial charge in [-0.1, -0.05) is 11.6 Å². The molecule has 0 amide bonds. The first kappa shape index (κ1) is 15.1. The molecule has 1 saturated carbocycles. The largest absolute Gasteiger partial charge is 0.503 e. The minimum absolute atomic E-state index is 0.0480. The highest BCUT2D eigenvalue weighted by atomic mass is 79.9. The molecule has 1 N–H and O–H groups in total. The van der Waals surface area contributed by atoms with Gasteiger partial charge in [0.15, 0.2) is 17.3 Å². The first-order valence-corrected chi connectivity index (χ1v) is 8.27. The molecule has 3 rings (SSSR count). The van der Waals surface area contributed by atoms with Crippen LogP contribution in [0, 0.1) is 0 Å². The van der Waals surface area contributed by atoms with Gasteiger partial charge in [0.25, 0.3) is 0 Å². The Bertz CT molecular complexity index is 721. The molecule has 0 saturated heterocycles. The van der Waals surface area contributed by atoms with Crippen LogP contribution in [0.1, 0.15) is 24.5 Å². The summed E-state index contributed by atoms with van der Waals surface area (Å²) in [5.74, 6) is 1.37. The Balaban J connectivity index is 2.14. The van der Waals surface area contributed by atoms with Crippen molar-refractivity contribution in [2.75, 3.05) is 7.11 Å². The highest BCUT2D eigenvalue weighted by Gasteiger charge is 2.29. The smallest absolute Gasteiger partial charge is 0.172 e. The molecule has 2 aromatic rings. The van der Waals surface area contributed by atoms with Crippen LogP contribution in [0.5, 0.6) is 11.5 Å². The number of ether oxygens (including phenoxy) is 1. The Labute approximate surface area is 143 Å². The maximum Gasteiger partial charge on any atom is 0.172 e. The minimum Gasteiger partial charge on any atom is -0.503 e. The second-order valence-electron chi connectivity index (χ2n) is 4.82. The second-order valence-corrected chi connectivity index (χ2v) is 6.83. The molecule has 7 heteroatoms. The maximum atomic E-state index is 9.87. The summed E-state index contributed by atoms with van der Waals surface area (Å²) in [5, 5.41) is 10.3. The average Bonchev–Trinajstić information content (AvgIpc) is 3.29. The molecule has 4 nitrogen and oxygen atoms in total. The summed E-state index contributed by atoms with van der Waals surface area (Å²) >= 11 is 12.9. The van der Waals surface area contributed by atoms with Gasteiger partial charge in [-0.05, 0) is 56.8 Å². The van der Waals surface area contributed by atoms with E-state index < -0.39 is 0 Å². The Morgan fingerprint density at radius 3 is 2.62 bits per heavy atom. The van der Waals surface area contributed by atoms with Gasteiger partial charge < -0.3 is 9.84 Å². The molecular formula is C14H11Br2ClN2O2. The molecule has 1 heterocycles. The molecule has 0 unspecified atom stereocenters. The first-order chi connectivity index (χ1) is 10.0. The van der Waals surface area contributed by atoms with Crippen LogP contribution >= 0.6 is 43.5 Å². The standard InChI is InChI=1S/C14H11Br2ClN2O2/c1-21-9-5-7(4-8(15)12(9)20)14-18-11(6-2-3-6)10(16)13(17)19-14/h4-6,20H,2-3H2,1H3. The summed E-state index contributed by atoms with van der Waals surface area (Å²) in [6.07, 6.45) is 2.24. The lowest BCUT2D eigenvalue weighted by Gasteiger charge is -2.10. The van der Waals surface area contributed by atoms with E-state index >= 15 is 0 Å². The number of phenolic OH excluding ortho intramolecular Hbond substituents is 1. The number of benzene rings is 1. The van der Waals surface area contributed by atoms with Crippen molar-refractivity contribution in [3.8, 4) is 22.9 Å². The first-order valence-electron chi connectivity index (χ1n) is 6.31. The van der Waals surface area contributed by atoms with Gasteiger partial charge in [0.05, 0.1) is 21.7 Å². The number of hydrogen-bond acceptors (Lipinski definition) is 4. The SMILES string of the molecule is COc1cc(-c2nc(Cl)c(Br)c(C3CC3)n2)cc(Br)c1O. The zero-order valence-corrected chi connectivity index (χ0v) is 15.0. The van der Waals surface area contributed by atoms with Crippen LogP contribution in [0.4, 0.5) is 0 Å². The van der Waals surface area contributed by atoms with Crippen LogP contribution in [0.15, 0.2) is 21.1 Å². The number of methoxy groups -OCH3 is 1. The molecule has 0 spiro atoms. The quantitative estimate of drug-likeness (QED) is 0.697. The Hall–Kier alpha value is -0.850. The van der Waals surface area contributed by atoms with Crippen molar-refractivity contribution in [3.63, 3.8) is 0 Å². The van der Waals surface area contributed by atoms with Gasteiger partial charge in [0, 0.05) is 11.5 Å². The number of halogens is 3. The summed E-state index contributed by atoms with van der Waals surface area (Å²) in [5.41, 5.74) is 1.67. The van der Waals surface area contributed by atoms with Gasteiger partial charge in [-0.15, -0.1) is 0 Å². The minimum atomic E-state index is 0.0480. The van der Waals surface area contributed by atoms with E-state index in [4.69, 9.17) is 16.3 Å². The summed E-state index contributed by atoms with van der Waals surface area (Å²) in [4.78, 5) is 8.92. The fraction of sp³-hybridized carbons (Fsp3) is 0.286. The third-order valence-corrected chi connectivity index (χ3v) is 5.20. The summed E-state index contributed by atoms with van der Waals surface area (Å²) in [6, 6.07) is 3.43. The van der Waals surface area contributed by atoms with Crippen molar-refractivity contribution < 1.29 is 9.84 Å². The van der Waals surface area contributed by atoms with Crippen LogP contribution in [-0.4, -0.2) is 22.2 Å². The Morgan fingerprint density at radius 1 is 1.29 bits per heavy atom. The molecular weight excluding hydrogens is 423 g/mol. The van der Waals surface area contributed by atoms with Crippen LogP contribution in [0.3, 0.4) is 0 Å². The molecule has 1 aromatic carbocycles. The third kappa shape index (κ3) is 2.89. The normalized spacial score (nSPS) is 14.3. The third-order valence-electron chi connectivity index (χ3n) is 3.31. The van der Waals surface area contributed by atoms with E-state index in [1.54, 1.807) is 12.1 Å². The van der Waals surface area contributed by atoms with E-state index in [1.165, 1.54) is 7.11 Å². The zero-order valence-electron chi connectivity index (χ0n) is 11.0. The predicted octanol–water partition coefficient (Wildman–Crippen LogP) is 4.91. The fourth-order valence-corrected chi connectivity index (χ4v) is 3.17. The van der Waals surface area contributed by atoms with E-state index in [0.29, 0.717) is 27.1 Å². The Morgan fingerprint density at radius 2 is 2.00 bits per heavy atom. The Kier molecular flexibility index (Phi) is 4.12. The lowest BCUT2D eigenvalue weighted by molar-refractivity contribution is 0.372. The highest BCUT2D eigenvalue weighted by Crippen LogP contribution is 2.45. The molecule has 1 fully saturated rings. The number of rotatable bonds is 3. The van der Waals surface area contributed by atoms with E-state index in [9.17, 15) is 5.11 Å². The highest BCUT2D eigenvalue weighted by molar-refractivity contribution is 9.11. The molecule has 21 heavy (non-hydrogen) atoms. The topological polar surface area (TPSA) is 55.2 Å². The van der Waals surface area contributed by atoms with Crippen molar-refractivity contribution in [3.05, 3.63) is 31.9 Å². The van der Waals surface area contributed by atoms with Crippen molar-refractivity contribution in [2.45, 2.75) is 18.8 Å². The van der Waals surface area contributed by atoms with E-state index in [1.807, 2.05) is 0 Å². The number of hydrogen-bond donors (Lipinski definition) is 1. The molecule has 1 aliphatic carbocycles. The van der Waals surface area contributed by atoms with Crippen LogP contribution in [0.2, 0.25) is 5.15 Å². The van der Waals surface area contributed by atoms with Crippen molar-refractivity contribution in [1.82, 2.24) is 9.97 Å². The van der Waals surface area contributed by atoms with Crippen LogP contribution < -0.4 is 4.74 Å². The molecule has 0 bridgehead atoms. The average molecular weight is 435 g/mol. The van der Waals surface area contributed by atoms with Crippen LogP contribution in [-0.2, 0) is 0 Å². The van der Waals surface area contributed by atoms with Gasteiger partial charge in [0.2, 0.25) is 0 Å². The number of aromatic nitrogens is 2. The van der Waals surface area contributed by atoms with Gasteiger partial charge in [-0.2, -0.15) is 0 Å². The second kappa shape index (κ2) is 5.74. The van der Waals surface area contributed by atoms with Crippen molar-refractivity contribution in [2.24, 2.45) is 0 Å². The van der Waals surface area contributed by atoms with Crippen molar-refractivity contribution in [1.29, 1.82) is 0 Å². The van der Waals surface area contributed by atoms with Gasteiger partial charge in [-0.3, -0.25) is 0 Å².